The molecule has 0 bridgehead atoms. The van der Waals surface area contributed by atoms with Crippen molar-refractivity contribution in [3.05, 3.63) is 39.4 Å². The standard InChI is InChI=1S/C12H13ClN2O/c1-3-5-10-14-9-7-4-6-8(13)11(9)12(16)15(10)2/h4,6-7H,3,5H2,1-2H3. The fourth-order valence-electron chi connectivity index (χ4n) is 1.76. The summed E-state index contributed by atoms with van der Waals surface area (Å²) in [5.74, 6) is 0.808. The number of aromatic nitrogens is 2. The largest absolute Gasteiger partial charge is 0.299 e. The molecule has 2 rings (SSSR count). The second-order valence-corrected chi connectivity index (χ2v) is 4.18. The van der Waals surface area contributed by atoms with Crippen LogP contribution in [0.3, 0.4) is 0 Å². The molecule has 0 unspecified atom stereocenters. The first-order chi connectivity index (χ1) is 7.65. The molecule has 0 fully saturated rings. The topological polar surface area (TPSA) is 34.9 Å². The summed E-state index contributed by atoms with van der Waals surface area (Å²) in [6.45, 7) is 2.06. The van der Waals surface area contributed by atoms with Crippen molar-refractivity contribution in [3.8, 4) is 0 Å². The lowest BCUT2D eigenvalue weighted by Crippen LogP contribution is -2.22. The van der Waals surface area contributed by atoms with Crippen LogP contribution in [0.2, 0.25) is 5.02 Å². The van der Waals surface area contributed by atoms with Crippen LogP contribution in [0.5, 0.6) is 0 Å². The smallest absolute Gasteiger partial charge is 0.262 e. The minimum absolute atomic E-state index is 0.0703. The molecule has 1 aromatic heterocycles. The molecule has 0 saturated heterocycles. The van der Waals surface area contributed by atoms with Crippen LogP contribution in [0.1, 0.15) is 19.2 Å². The van der Waals surface area contributed by atoms with E-state index in [1.54, 1.807) is 17.7 Å². The number of fused-ring (bicyclic) bond motifs is 1. The number of rotatable bonds is 2. The lowest BCUT2D eigenvalue weighted by Gasteiger charge is -2.08. The summed E-state index contributed by atoms with van der Waals surface area (Å²) < 4.78 is 1.58. The Balaban J connectivity index is 2.83. The van der Waals surface area contributed by atoms with Crippen molar-refractivity contribution < 1.29 is 0 Å². The van der Waals surface area contributed by atoms with Crippen molar-refractivity contribution in [2.75, 3.05) is 0 Å². The van der Waals surface area contributed by atoms with Gasteiger partial charge in [0.15, 0.2) is 0 Å². The van der Waals surface area contributed by atoms with Crippen molar-refractivity contribution >= 4 is 22.5 Å². The van der Waals surface area contributed by atoms with Gasteiger partial charge < -0.3 is 0 Å². The van der Waals surface area contributed by atoms with E-state index in [0.717, 1.165) is 18.7 Å². The number of benzene rings is 1. The highest BCUT2D eigenvalue weighted by Crippen LogP contribution is 2.18. The molecule has 0 N–H and O–H groups in total. The van der Waals surface area contributed by atoms with Gasteiger partial charge in [-0.15, -0.1) is 0 Å². The molecule has 3 nitrogen and oxygen atoms in total. The van der Waals surface area contributed by atoms with Gasteiger partial charge in [0.25, 0.3) is 5.56 Å². The first-order valence-corrected chi connectivity index (χ1v) is 5.67. The fourth-order valence-corrected chi connectivity index (χ4v) is 2.01. The fraction of sp³-hybridized carbons (Fsp3) is 0.333. The molecule has 0 aliphatic carbocycles. The summed E-state index contributed by atoms with van der Waals surface area (Å²) in [6.07, 6.45) is 1.76. The van der Waals surface area contributed by atoms with Gasteiger partial charge >= 0.3 is 0 Å². The number of halogens is 1. The summed E-state index contributed by atoms with van der Waals surface area (Å²) in [4.78, 5) is 16.5. The van der Waals surface area contributed by atoms with Gasteiger partial charge in [-0.2, -0.15) is 0 Å². The summed E-state index contributed by atoms with van der Waals surface area (Å²) in [5, 5.41) is 0.972. The molecule has 0 radical (unpaired) electrons. The van der Waals surface area contributed by atoms with Gasteiger partial charge in [-0.1, -0.05) is 24.6 Å². The number of hydrogen-bond acceptors (Lipinski definition) is 2. The second-order valence-electron chi connectivity index (χ2n) is 3.78. The van der Waals surface area contributed by atoms with Crippen LogP contribution in [0.25, 0.3) is 10.9 Å². The highest BCUT2D eigenvalue weighted by Gasteiger charge is 2.09. The minimum atomic E-state index is -0.0703. The van der Waals surface area contributed by atoms with Crippen LogP contribution in [0, 0.1) is 0 Å². The van der Waals surface area contributed by atoms with Gasteiger partial charge in [-0.3, -0.25) is 9.36 Å². The quantitative estimate of drug-likeness (QED) is 0.803. The maximum atomic E-state index is 12.1. The van der Waals surface area contributed by atoms with Crippen LogP contribution < -0.4 is 5.56 Å². The zero-order chi connectivity index (χ0) is 11.7. The molecule has 0 aliphatic heterocycles. The van der Waals surface area contributed by atoms with Crippen LogP contribution >= 0.6 is 11.6 Å². The maximum Gasteiger partial charge on any atom is 0.262 e. The van der Waals surface area contributed by atoms with Gasteiger partial charge in [0.1, 0.15) is 5.82 Å². The van der Waals surface area contributed by atoms with Gasteiger partial charge in [0.05, 0.1) is 15.9 Å². The molecule has 2 aromatic rings. The van der Waals surface area contributed by atoms with Crippen molar-refractivity contribution in [2.45, 2.75) is 19.8 Å². The van der Waals surface area contributed by atoms with E-state index >= 15 is 0 Å². The zero-order valence-electron chi connectivity index (χ0n) is 9.33. The highest BCUT2D eigenvalue weighted by atomic mass is 35.5. The normalized spacial score (nSPS) is 10.9. The summed E-state index contributed by atoms with van der Waals surface area (Å²) in [6, 6.07) is 5.35. The van der Waals surface area contributed by atoms with Crippen molar-refractivity contribution in [1.82, 2.24) is 9.55 Å². The molecule has 4 heteroatoms. The summed E-state index contributed by atoms with van der Waals surface area (Å²) >= 11 is 6.01. The predicted octanol–water partition coefficient (Wildman–Crippen LogP) is 2.54. The monoisotopic (exact) mass is 236 g/mol. The minimum Gasteiger partial charge on any atom is -0.299 e. The number of hydrogen-bond donors (Lipinski definition) is 0. The van der Waals surface area contributed by atoms with Gasteiger partial charge in [-0.25, -0.2) is 4.98 Å². The van der Waals surface area contributed by atoms with E-state index in [1.807, 2.05) is 12.1 Å². The molecule has 0 saturated carbocycles. The first-order valence-electron chi connectivity index (χ1n) is 5.29. The van der Waals surface area contributed by atoms with E-state index in [9.17, 15) is 4.79 Å². The molecule has 84 valence electrons. The molecule has 1 aromatic carbocycles. The van der Waals surface area contributed by atoms with E-state index < -0.39 is 0 Å². The predicted molar refractivity (Wildman–Crippen MR) is 66.0 cm³/mol. The summed E-state index contributed by atoms with van der Waals surface area (Å²) in [7, 11) is 1.74. The third kappa shape index (κ3) is 1.71. The number of aryl methyl sites for hydroxylation is 1. The van der Waals surface area contributed by atoms with Crippen molar-refractivity contribution in [2.24, 2.45) is 7.05 Å². The van der Waals surface area contributed by atoms with E-state index in [2.05, 4.69) is 11.9 Å². The summed E-state index contributed by atoms with van der Waals surface area (Å²) in [5.41, 5.74) is 0.609. The Bertz CT molecular complexity index is 589. The second kappa shape index (κ2) is 4.26. The van der Waals surface area contributed by atoms with Gasteiger partial charge in [-0.05, 0) is 18.6 Å². The molecule has 16 heavy (non-hydrogen) atoms. The van der Waals surface area contributed by atoms with E-state index in [-0.39, 0.29) is 5.56 Å². The SMILES string of the molecule is CCCc1nc2cccc(Cl)c2c(=O)n1C. The molecule has 0 spiro atoms. The van der Waals surface area contributed by atoms with Crippen LogP contribution in [-0.4, -0.2) is 9.55 Å². The Kier molecular flexibility index (Phi) is 2.97. The van der Waals surface area contributed by atoms with E-state index in [4.69, 9.17) is 11.6 Å². The van der Waals surface area contributed by atoms with Crippen LogP contribution in [-0.2, 0) is 13.5 Å². The Morgan fingerprint density at radius 2 is 2.19 bits per heavy atom. The molecular formula is C12H13ClN2O. The molecule has 0 aliphatic rings. The van der Waals surface area contributed by atoms with Crippen molar-refractivity contribution in [3.63, 3.8) is 0 Å². The number of nitrogens with zero attached hydrogens (tertiary/aromatic N) is 2. The van der Waals surface area contributed by atoms with E-state index in [0.29, 0.717) is 15.9 Å². The highest BCUT2D eigenvalue weighted by molar-refractivity contribution is 6.35. The molecule has 1 heterocycles. The van der Waals surface area contributed by atoms with Gasteiger partial charge in [0, 0.05) is 13.5 Å². The third-order valence-electron chi connectivity index (χ3n) is 2.62. The lowest BCUT2D eigenvalue weighted by molar-refractivity contribution is 0.717. The Hall–Kier alpha value is -1.35. The molecule has 0 atom stereocenters. The third-order valence-corrected chi connectivity index (χ3v) is 2.94. The Labute approximate surface area is 98.7 Å². The molecule has 0 amide bonds. The average molecular weight is 237 g/mol. The Morgan fingerprint density at radius 3 is 2.88 bits per heavy atom. The van der Waals surface area contributed by atoms with Crippen LogP contribution in [0.4, 0.5) is 0 Å². The maximum absolute atomic E-state index is 12.1. The van der Waals surface area contributed by atoms with Gasteiger partial charge in [0.2, 0.25) is 0 Å². The Morgan fingerprint density at radius 1 is 1.44 bits per heavy atom. The zero-order valence-corrected chi connectivity index (χ0v) is 10.1. The first kappa shape index (κ1) is 11.1. The average Bonchev–Trinajstić information content (AvgIpc) is 2.25. The van der Waals surface area contributed by atoms with Crippen LogP contribution in [0.15, 0.2) is 23.0 Å². The van der Waals surface area contributed by atoms with Crippen molar-refractivity contribution in [1.29, 1.82) is 0 Å². The van der Waals surface area contributed by atoms with E-state index in [1.165, 1.54) is 0 Å². The lowest BCUT2D eigenvalue weighted by atomic mass is 10.2. The molecular weight excluding hydrogens is 224 g/mol.